The molecule has 1 saturated heterocycles. The van der Waals surface area contributed by atoms with Crippen molar-refractivity contribution >= 4 is 79.9 Å². The largest absolute Gasteiger partial charge is 0.492 e. The molecule has 0 aliphatic carbocycles. The number of hydrogen-bond donors (Lipinski definition) is 0. The number of hydrogen-bond acceptors (Lipinski definition) is 7. The number of nitro benzene ring substituents is 1. The molecule has 4 rings (SSSR count). The Bertz CT molecular complexity index is 1310. The van der Waals surface area contributed by atoms with Crippen molar-refractivity contribution in [2.24, 2.45) is 0 Å². The molecule has 0 spiro atoms. The highest BCUT2D eigenvalue weighted by molar-refractivity contribution is 14.1. The van der Waals surface area contributed by atoms with Crippen molar-refractivity contribution in [3.63, 3.8) is 0 Å². The third-order valence-electron chi connectivity index (χ3n) is 5.05. The van der Waals surface area contributed by atoms with Crippen LogP contribution in [0, 0.1) is 17.3 Å². The van der Waals surface area contributed by atoms with Gasteiger partial charge in [-0.15, -0.1) is 0 Å². The van der Waals surface area contributed by atoms with E-state index in [4.69, 9.17) is 9.47 Å². The molecule has 1 aliphatic heterocycles. The topological polar surface area (TPSA) is 99.0 Å². The van der Waals surface area contributed by atoms with Gasteiger partial charge in [0.25, 0.3) is 16.8 Å². The maximum atomic E-state index is 12.8. The molecular weight excluding hydrogens is 710 g/mol. The normalized spacial score (nSPS) is 14.4. The van der Waals surface area contributed by atoms with E-state index < -0.39 is 4.92 Å². The van der Waals surface area contributed by atoms with E-state index in [2.05, 4.69) is 45.2 Å². The zero-order chi connectivity index (χ0) is 25.7. The third kappa shape index (κ3) is 6.56. The summed E-state index contributed by atoms with van der Waals surface area (Å²) in [6.45, 7) is 0.639. The Morgan fingerprint density at radius 3 is 2.28 bits per heavy atom. The number of nitro groups is 1. The summed E-state index contributed by atoms with van der Waals surface area (Å²) in [6, 6.07) is 19.2. The highest BCUT2D eigenvalue weighted by Gasteiger charge is 2.34. The molecule has 3 aromatic rings. The van der Waals surface area contributed by atoms with Crippen LogP contribution in [0.1, 0.15) is 11.1 Å². The van der Waals surface area contributed by atoms with Gasteiger partial charge in [0, 0.05) is 12.1 Å². The first-order chi connectivity index (χ1) is 17.3. The fraction of sp³-hybridized carbons (Fsp3) is 0.120. The Labute approximate surface area is 238 Å². The molecule has 36 heavy (non-hydrogen) atoms. The van der Waals surface area contributed by atoms with Gasteiger partial charge in [-0.25, -0.2) is 0 Å². The molecule has 0 aromatic heterocycles. The van der Waals surface area contributed by atoms with Gasteiger partial charge in [0.1, 0.15) is 24.7 Å². The van der Waals surface area contributed by atoms with Crippen molar-refractivity contribution in [1.29, 1.82) is 0 Å². The van der Waals surface area contributed by atoms with Gasteiger partial charge in [-0.1, -0.05) is 18.2 Å². The average Bonchev–Trinajstić information content (AvgIpc) is 3.11. The van der Waals surface area contributed by atoms with Crippen LogP contribution in [0.2, 0.25) is 0 Å². The lowest BCUT2D eigenvalue weighted by Crippen LogP contribution is -2.32. The van der Waals surface area contributed by atoms with Crippen LogP contribution in [0.15, 0.2) is 71.6 Å². The van der Waals surface area contributed by atoms with E-state index in [0.717, 1.165) is 30.0 Å². The minimum Gasteiger partial charge on any atom is -0.492 e. The monoisotopic (exact) mass is 728 g/mol. The summed E-state index contributed by atoms with van der Waals surface area (Å²) in [4.78, 5) is 37.1. The van der Waals surface area contributed by atoms with E-state index in [1.54, 1.807) is 18.2 Å². The Morgan fingerprint density at radius 1 is 0.972 bits per heavy atom. The fourth-order valence-electron chi connectivity index (χ4n) is 3.29. The van der Waals surface area contributed by atoms with Crippen LogP contribution in [0.4, 0.5) is 10.5 Å². The van der Waals surface area contributed by atoms with Crippen molar-refractivity contribution in [3.05, 3.63) is 100 Å². The van der Waals surface area contributed by atoms with Crippen LogP contribution in [-0.4, -0.2) is 34.1 Å². The highest BCUT2D eigenvalue weighted by atomic mass is 127. The standard InChI is InChI=1S/C25H18I2N2O6S/c26-20-12-17(13-21(27)23(20)35-15-16-6-8-18(9-7-16)29(32)33)14-22-24(30)28(25(31)36-22)10-11-34-19-4-2-1-3-5-19/h1-9,12-14H,10-11,15H2/b22-14-. The molecule has 8 nitrogen and oxygen atoms in total. The van der Waals surface area contributed by atoms with E-state index in [-0.39, 0.29) is 36.6 Å². The minimum absolute atomic E-state index is 0.0281. The zero-order valence-corrected chi connectivity index (χ0v) is 23.7. The number of rotatable bonds is 9. The van der Waals surface area contributed by atoms with Gasteiger partial charge in [0.2, 0.25) is 0 Å². The van der Waals surface area contributed by atoms with Crippen molar-refractivity contribution in [2.75, 3.05) is 13.2 Å². The molecule has 184 valence electrons. The molecule has 3 aromatic carbocycles. The van der Waals surface area contributed by atoms with Gasteiger partial charge in [-0.2, -0.15) is 0 Å². The number of amides is 2. The first-order valence-corrected chi connectivity index (χ1v) is 13.6. The zero-order valence-electron chi connectivity index (χ0n) is 18.6. The highest BCUT2D eigenvalue weighted by Crippen LogP contribution is 2.35. The average molecular weight is 728 g/mol. The predicted molar refractivity (Wildman–Crippen MR) is 154 cm³/mol. The second kappa shape index (κ2) is 12.1. The molecule has 1 aliphatic rings. The van der Waals surface area contributed by atoms with Crippen molar-refractivity contribution < 1.29 is 24.0 Å². The number of carbonyl (C=O) groups is 2. The Balaban J connectivity index is 1.40. The van der Waals surface area contributed by atoms with Gasteiger partial charge in [-0.05, 0) is 111 Å². The van der Waals surface area contributed by atoms with E-state index in [9.17, 15) is 19.7 Å². The quantitative estimate of drug-likeness (QED) is 0.108. The van der Waals surface area contributed by atoms with Gasteiger partial charge in [0.05, 0.1) is 23.5 Å². The van der Waals surface area contributed by atoms with Gasteiger partial charge < -0.3 is 9.47 Å². The van der Waals surface area contributed by atoms with Crippen LogP contribution in [-0.2, 0) is 11.4 Å². The van der Waals surface area contributed by atoms with E-state index in [1.165, 1.54) is 17.0 Å². The number of non-ortho nitro benzene ring substituents is 1. The predicted octanol–water partition coefficient (Wildman–Crippen LogP) is 6.50. The summed E-state index contributed by atoms with van der Waals surface area (Å²) in [6.07, 6.45) is 1.70. The van der Waals surface area contributed by atoms with Gasteiger partial charge in [0.15, 0.2) is 0 Å². The molecule has 0 atom stereocenters. The lowest BCUT2D eigenvalue weighted by molar-refractivity contribution is -0.384. The second-order valence-electron chi connectivity index (χ2n) is 7.52. The van der Waals surface area contributed by atoms with Gasteiger partial charge >= 0.3 is 0 Å². The number of nitrogens with zero attached hydrogens (tertiary/aromatic N) is 2. The maximum absolute atomic E-state index is 12.8. The first kappa shape index (κ1) is 26.4. The maximum Gasteiger partial charge on any atom is 0.293 e. The van der Waals surface area contributed by atoms with Crippen molar-refractivity contribution in [2.45, 2.75) is 6.61 Å². The molecule has 11 heteroatoms. The summed E-state index contributed by atoms with van der Waals surface area (Å²) < 4.78 is 13.2. The molecule has 1 fully saturated rings. The molecule has 2 amide bonds. The number of thioether (sulfide) groups is 1. The summed E-state index contributed by atoms with van der Waals surface area (Å²) in [5.41, 5.74) is 1.61. The number of halogens is 2. The second-order valence-corrected chi connectivity index (χ2v) is 10.8. The van der Waals surface area contributed by atoms with E-state index in [1.807, 2.05) is 42.5 Å². The SMILES string of the molecule is O=C1S/C(=C\c2cc(I)c(OCc3ccc([N+](=O)[O-])cc3)c(I)c2)C(=O)N1CCOc1ccccc1. The molecule has 0 unspecified atom stereocenters. The molecule has 0 bridgehead atoms. The van der Waals surface area contributed by atoms with Crippen LogP contribution < -0.4 is 9.47 Å². The Hall–Kier alpha value is -2.65. The molecule has 0 radical (unpaired) electrons. The summed E-state index contributed by atoms with van der Waals surface area (Å²) in [5, 5.41) is 10.5. The van der Waals surface area contributed by atoms with E-state index in [0.29, 0.717) is 16.4 Å². The first-order valence-electron chi connectivity index (χ1n) is 10.6. The Morgan fingerprint density at radius 2 is 1.64 bits per heavy atom. The number of ether oxygens (including phenoxy) is 2. The van der Waals surface area contributed by atoms with Crippen LogP contribution in [0.5, 0.6) is 11.5 Å². The number of imide groups is 1. The fourth-order valence-corrected chi connectivity index (χ4v) is 6.28. The molecule has 0 N–H and O–H groups in total. The van der Waals surface area contributed by atoms with Crippen molar-refractivity contribution in [3.8, 4) is 11.5 Å². The lowest BCUT2D eigenvalue weighted by atomic mass is 10.2. The number of para-hydroxylation sites is 1. The summed E-state index contributed by atoms with van der Waals surface area (Å²) in [7, 11) is 0. The molecule has 1 heterocycles. The number of benzene rings is 3. The third-order valence-corrected chi connectivity index (χ3v) is 7.56. The summed E-state index contributed by atoms with van der Waals surface area (Å²) in [5.74, 6) is 1.02. The summed E-state index contributed by atoms with van der Waals surface area (Å²) >= 11 is 5.22. The lowest BCUT2D eigenvalue weighted by Gasteiger charge is -2.13. The van der Waals surface area contributed by atoms with Crippen LogP contribution in [0.3, 0.4) is 0 Å². The minimum atomic E-state index is -0.442. The van der Waals surface area contributed by atoms with Crippen LogP contribution >= 0.6 is 56.9 Å². The van der Waals surface area contributed by atoms with Gasteiger partial charge in [-0.3, -0.25) is 24.6 Å². The number of carbonyl (C=O) groups excluding carboxylic acids is 2. The van der Waals surface area contributed by atoms with Crippen LogP contribution in [0.25, 0.3) is 6.08 Å². The molecule has 0 saturated carbocycles. The smallest absolute Gasteiger partial charge is 0.293 e. The molecular formula is C25H18I2N2O6S. The van der Waals surface area contributed by atoms with E-state index >= 15 is 0 Å². The van der Waals surface area contributed by atoms with Crippen molar-refractivity contribution in [1.82, 2.24) is 4.90 Å². The Kier molecular flexibility index (Phi) is 8.85.